The van der Waals surface area contributed by atoms with E-state index in [2.05, 4.69) is 30.0 Å². The number of hydrogen-bond acceptors (Lipinski definition) is 10. The molecule has 0 bridgehead atoms. The number of anilines is 3. The van der Waals surface area contributed by atoms with E-state index >= 15 is 0 Å². The highest BCUT2D eigenvalue weighted by atomic mass is 32.1. The molecule has 0 aliphatic carbocycles. The van der Waals surface area contributed by atoms with E-state index in [9.17, 15) is 14.4 Å². The molecule has 0 unspecified atom stereocenters. The number of carbonyl (C=O) groups excluding carboxylic acids is 2. The number of carboxylic acid groups (broad SMARTS) is 1. The van der Waals surface area contributed by atoms with Gasteiger partial charge in [0.05, 0.1) is 5.39 Å². The smallest absolute Gasteiger partial charge is 0.405 e. The first-order valence-corrected chi connectivity index (χ1v) is 12.2. The zero-order valence-electron chi connectivity index (χ0n) is 19.3. The molecule has 0 saturated carbocycles. The number of nitrogens with zero attached hydrogens (tertiary/aromatic N) is 7. The lowest BCUT2D eigenvalue weighted by molar-refractivity contribution is -0.130. The number of piperazine rings is 2. The number of fused-ring (bicyclic) bond motifs is 1. The summed E-state index contributed by atoms with van der Waals surface area (Å²) in [5.74, 6) is 0.776. The van der Waals surface area contributed by atoms with Gasteiger partial charge in [-0.25, -0.2) is 9.59 Å². The van der Waals surface area contributed by atoms with E-state index in [-0.39, 0.29) is 18.5 Å². The van der Waals surface area contributed by atoms with Crippen molar-refractivity contribution in [2.75, 3.05) is 74.0 Å². The van der Waals surface area contributed by atoms with Gasteiger partial charge in [-0.3, -0.25) is 10.1 Å². The third-order valence-electron chi connectivity index (χ3n) is 6.15. The first-order valence-electron chi connectivity index (χ1n) is 11.5. The topological polar surface area (TPSA) is 160 Å². The molecule has 2 aromatic heterocycles. The van der Waals surface area contributed by atoms with Gasteiger partial charge in [0.1, 0.15) is 6.54 Å². The molecule has 15 heteroatoms. The number of amides is 4. The van der Waals surface area contributed by atoms with E-state index in [4.69, 9.17) is 9.63 Å². The lowest BCUT2D eigenvalue weighted by Crippen LogP contribution is -2.51. The SMILES string of the molecule is O=C(O)NCC(=O)N1CCN(c2nsc(N3CCN(C(=O)Nc4noc5ccccc45)CC3)n2)CC1. The molecule has 5 rings (SSSR count). The van der Waals surface area contributed by atoms with Crippen molar-refractivity contribution >= 4 is 57.4 Å². The summed E-state index contributed by atoms with van der Waals surface area (Å²) < 4.78 is 9.74. The van der Waals surface area contributed by atoms with Crippen molar-refractivity contribution in [2.45, 2.75) is 0 Å². The maximum atomic E-state index is 12.7. The summed E-state index contributed by atoms with van der Waals surface area (Å²) in [6.07, 6.45) is -1.22. The number of hydrogen-bond donors (Lipinski definition) is 3. The molecule has 2 aliphatic rings. The molecule has 0 atom stereocenters. The molecule has 2 aliphatic heterocycles. The summed E-state index contributed by atoms with van der Waals surface area (Å²) in [6.45, 7) is 4.17. The highest BCUT2D eigenvalue weighted by molar-refractivity contribution is 7.09. The Hall–Kier alpha value is -4.14. The van der Waals surface area contributed by atoms with Crippen LogP contribution in [-0.2, 0) is 4.79 Å². The van der Waals surface area contributed by atoms with Crippen LogP contribution in [0.3, 0.4) is 0 Å². The van der Waals surface area contributed by atoms with Crippen molar-refractivity contribution in [1.29, 1.82) is 0 Å². The van der Waals surface area contributed by atoms with Crippen LogP contribution in [-0.4, -0.2) is 106 Å². The van der Waals surface area contributed by atoms with E-state index in [1.807, 2.05) is 23.1 Å². The molecular formula is C21H25N9O5S. The Balaban J connectivity index is 1.10. The van der Waals surface area contributed by atoms with Crippen molar-refractivity contribution in [2.24, 2.45) is 0 Å². The maximum absolute atomic E-state index is 12.7. The number of carbonyl (C=O) groups is 3. The van der Waals surface area contributed by atoms with Gasteiger partial charge in [-0.15, -0.1) is 0 Å². The summed E-state index contributed by atoms with van der Waals surface area (Å²) in [5.41, 5.74) is 0.618. The molecule has 1 aromatic carbocycles. The van der Waals surface area contributed by atoms with Gasteiger partial charge >= 0.3 is 12.1 Å². The van der Waals surface area contributed by atoms with Gasteiger partial charge < -0.3 is 34.5 Å². The van der Waals surface area contributed by atoms with Gasteiger partial charge in [0.2, 0.25) is 17.0 Å². The van der Waals surface area contributed by atoms with E-state index in [1.54, 1.807) is 15.9 Å². The largest absolute Gasteiger partial charge is 0.465 e. The minimum Gasteiger partial charge on any atom is -0.465 e. The molecule has 0 radical (unpaired) electrons. The van der Waals surface area contributed by atoms with Gasteiger partial charge in [0.25, 0.3) is 0 Å². The Labute approximate surface area is 209 Å². The summed E-state index contributed by atoms with van der Waals surface area (Å²) in [4.78, 5) is 47.6. The van der Waals surface area contributed by atoms with Gasteiger partial charge in [-0.2, -0.15) is 9.36 Å². The molecule has 0 spiro atoms. The highest BCUT2D eigenvalue weighted by Crippen LogP contribution is 2.25. The van der Waals surface area contributed by atoms with Crippen molar-refractivity contribution < 1.29 is 24.0 Å². The monoisotopic (exact) mass is 515 g/mol. The average molecular weight is 516 g/mol. The zero-order valence-corrected chi connectivity index (χ0v) is 20.1. The van der Waals surface area contributed by atoms with Crippen molar-refractivity contribution in [1.82, 2.24) is 29.6 Å². The molecule has 3 aromatic rings. The van der Waals surface area contributed by atoms with Crippen LogP contribution in [0.15, 0.2) is 28.8 Å². The average Bonchev–Trinajstić information content (AvgIpc) is 3.55. The Kier molecular flexibility index (Phi) is 6.71. The molecule has 2 fully saturated rings. The summed E-state index contributed by atoms with van der Waals surface area (Å²) in [7, 11) is 0. The second kappa shape index (κ2) is 10.2. The van der Waals surface area contributed by atoms with Crippen LogP contribution in [0.5, 0.6) is 0 Å². The number of nitrogens with one attached hydrogen (secondary N) is 2. The number of para-hydroxylation sites is 1. The summed E-state index contributed by atoms with van der Waals surface area (Å²) in [6, 6.07) is 7.13. The van der Waals surface area contributed by atoms with Crippen molar-refractivity contribution in [3.63, 3.8) is 0 Å². The molecule has 190 valence electrons. The molecule has 2 saturated heterocycles. The van der Waals surface area contributed by atoms with E-state index in [0.29, 0.717) is 69.7 Å². The van der Waals surface area contributed by atoms with Crippen LogP contribution < -0.4 is 20.4 Å². The Morgan fingerprint density at radius 2 is 1.67 bits per heavy atom. The number of aromatic nitrogens is 3. The minimum atomic E-state index is -1.22. The number of rotatable bonds is 5. The van der Waals surface area contributed by atoms with E-state index in [0.717, 1.165) is 10.5 Å². The fraction of sp³-hybridized carbons (Fsp3) is 0.429. The first kappa shape index (κ1) is 23.6. The fourth-order valence-electron chi connectivity index (χ4n) is 4.14. The first-order chi connectivity index (χ1) is 17.5. The van der Waals surface area contributed by atoms with Gasteiger partial charge in [-0.05, 0) is 12.1 Å². The lowest BCUT2D eigenvalue weighted by atomic mass is 10.2. The van der Waals surface area contributed by atoms with Crippen LogP contribution in [0.25, 0.3) is 11.0 Å². The predicted molar refractivity (Wildman–Crippen MR) is 132 cm³/mol. The standard InChI is InChI=1S/C21H25N9O5S/c31-16(13-22-21(33)34)27-5-7-28(8-6-27)18-24-20(36-26-18)30-11-9-29(10-12-30)19(32)23-17-14-3-1-2-4-15(14)35-25-17/h1-4,22H,5-13H2,(H,33,34)(H,23,25,32). The van der Waals surface area contributed by atoms with Crippen LogP contribution in [0.1, 0.15) is 0 Å². The fourth-order valence-corrected chi connectivity index (χ4v) is 4.88. The predicted octanol–water partition coefficient (Wildman–Crippen LogP) is 0.950. The maximum Gasteiger partial charge on any atom is 0.405 e. The molecular weight excluding hydrogens is 490 g/mol. The molecule has 3 N–H and O–H groups in total. The van der Waals surface area contributed by atoms with Crippen LogP contribution in [0.2, 0.25) is 0 Å². The van der Waals surface area contributed by atoms with E-state index in [1.165, 1.54) is 11.5 Å². The molecule has 4 amide bonds. The van der Waals surface area contributed by atoms with Crippen molar-refractivity contribution in [3.8, 4) is 0 Å². The second-order valence-electron chi connectivity index (χ2n) is 8.34. The second-order valence-corrected chi connectivity index (χ2v) is 9.07. The minimum absolute atomic E-state index is 0.224. The van der Waals surface area contributed by atoms with Gasteiger partial charge in [0, 0.05) is 63.9 Å². The quantitative estimate of drug-likeness (QED) is 0.446. The van der Waals surface area contributed by atoms with Crippen LogP contribution in [0.4, 0.5) is 26.5 Å². The molecule has 4 heterocycles. The van der Waals surface area contributed by atoms with Crippen molar-refractivity contribution in [3.05, 3.63) is 24.3 Å². The third kappa shape index (κ3) is 5.10. The third-order valence-corrected chi connectivity index (χ3v) is 6.92. The summed E-state index contributed by atoms with van der Waals surface area (Å²) in [5, 5.41) is 19.1. The Bertz CT molecular complexity index is 1250. The Morgan fingerprint density at radius 1 is 0.972 bits per heavy atom. The van der Waals surface area contributed by atoms with E-state index < -0.39 is 6.09 Å². The molecule has 36 heavy (non-hydrogen) atoms. The number of urea groups is 1. The zero-order chi connectivity index (χ0) is 25.1. The lowest BCUT2D eigenvalue weighted by Gasteiger charge is -2.35. The summed E-state index contributed by atoms with van der Waals surface area (Å²) >= 11 is 1.31. The van der Waals surface area contributed by atoms with Crippen LogP contribution >= 0.6 is 11.5 Å². The Morgan fingerprint density at radius 3 is 2.42 bits per heavy atom. The molecule has 14 nitrogen and oxygen atoms in total. The van der Waals surface area contributed by atoms with Gasteiger partial charge in [-0.1, -0.05) is 17.3 Å². The number of benzene rings is 1. The highest BCUT2D eigenvalue weighted by Gasteiger charge is 2.27. The van der Waals surface area contributed by atoms with Crippen LogP contribution in [0, 0.1) is 0 Å². The normalized spacial score (nSPS) is 16.3. The van der Waals surface area contributed by atoms with Gasteiger partial charge in [0.15, 0.2) is 11.4 Å².